The molecule has 5 atom stereocenters. The Kier molecular flexibility index (Phi) is 10.3. The molecule has 0 amide bonds. The smallest absolute Gasteiger partial charge is 0.303 e. The van der Waals surface area contributed by atoms with Crippen LogP contribution < -0.4 is 0 Å². The Labute approximate surface area is 155 Å². The largest absolute Gasteiger partial charge is 0.481 e. The van der Waals surface area contributed by atoms with E-state index in [-0.39, 0.29) is 25.0 Å². The van der Waals surface area contributed by atoms with Crippen molar-refractivity contribution >= 4 is 5.97 Å². The van der Waals surface area contributed by atoms with Crippen molar-refractivity contribution in [3.8, 4) is 0 Å². The molecule has 7 N–H and O–H groups in total. The lowest BCUT2D eigenvalue weighted by Crippen LogP contribution is -2.36. The van der Waals surface area contributed by atoms with Gasteiger partial charge in [-0.05, 0) is 6.42 Å². The number of carboxylic acid groups (broad SMARTS) is 1. The van der Waals surface area contributed by atoms with Crippen LogP contribution in [-0.2, 0) is 16.0 Å². The second kappa shape index (κ2) is 11.9. The molecule has 0 aromatic carbocycles. The van der Waals surface area contributed by atoms with Crippen LogP contribution in [0.5, 0.6) is 0 Å². The Hall–Kier alpha value is -1.73. The summed E-state index contributed by atoms with van der Waals surface area (Å²) in [6.07, 6.45) is -3.69. The van der Waals surface area contributed by atoms with Crippen molar-refractivity contribution in [2.45, 2.75) is 49.8 Å². The van der Waals surface area contributed by atoms with Gasteiger partial charge in [0.05, 0.1) is 43.5 Å². The second-order valence-electron chi connectivity index (χ2n) is 5.98. The fraction of sp³-hybridized carbons (Fsp3) is 0.688. The summed E-state index contributed by atoms with van der Waals surface area (Å²) >= 11 is 0. The van der Waals surface area contributed by atoms with Gasteiger partial charge in [0.15, 0.2) is 0 Å². The van der Waals surface area contributed by atoms with Crippen LogP contribution in [0.4, 0.5) is 0 Å². The van der Waals surface area contributed by atoms with Gasteiger partial charge in [0.25, 0.3) is 0 Å². The van der Waals surface area contributed by atoms with Crippen molar-refractivity contribution in [1.29, 1.82) is 0 Å². The minimum atomic E-state index is -1.36. The van der Waals surface area contributed by atoms with E-state index >= 15 is 0 Å². The predicted octanol–water partition coefficient (Wildman–Crippen LogP) is -2.63. The molecule has 0 aliphatic carbocycles. The van der Waals surface area contributed by atoms with Crippen molar-refractivity contribution in [3.63, 3.8) is 0 Å². The number of aliphatic carboxylic acids is 1. The van der Waals surface area contributed by atoms with E-state index < -0.39 is 56.3 Å². The van der Waals surface area contributed by atoms with Gasteiger partial charge in [-0.2, -0.15) is 0 Å². The van der Waals surface area contributed by atoms with Crippen LogP contribution in [0.1, 0.15) is 30.3 Å². The first-order chi connectivity index (χ1) is 12.8. The summed E-state index contributed by atoms with van der Waals surface area (Å²) in [5.74, 6) is -1.07. The van der Waals surface area contributed by atoms with Crippen molar-refractivity contribution in [3.05, 3.63) is 23.8 Å². The van der Waals surface area contributed by atoms with Crippen LogP contribution in [0, 0.1) is 0 Å². The van der Waals surface area contributed by atoms with E-state index in [0.29, 0.717) is 5.69 Å². The quantitative estimate of drug-likeness (QED) is 0.186. The second-order valence-corrected chi connectivity index (χ2v) is 5.98. The number of carbonyl (C=O) groups is 1. The van der Waals surface area contributed by atoms with Crippen molar-refractivity contribution < 1.29 is 45.3 Å². The fourth-order valence-electron chi connectivity index (χ4n) is 2.23. The molecule has 0 fully saturated rings. The van der Waals surface area contributed by atoms with E-state index in [9.17, 15) is 25.2 Å². The average molecular weight is 390 g/mol. The molecule has 11 nitrogen and oxygen atoms in total. The van der Waals surface area contributed by atoms with Gasteiger partial charge < -0.3 is 40.5 Å². The number of hydrogen-bond donors (Lipinski definition) is 7. The van der Waals surface area contributed by atoms with Crippen LogP contribution >= 0.6 is 0 Å². The minimum absolute atomic E-state index is 0.0101. The first-order valence-electron chi connectivity index (χ1n) is 8.37. The van der Waals surface area contributed by atoms with Gasteiger partial charge in [-0.1, -0.05) is 0 Å². The summed E-state index contributed by atoms with van der Waals surface area (Å²) in [5, 5.41) is 64.7. The third kappa shape index (κ3) is 7.81. The van der Waals surface area contributed by atoms with E-state index in [2.05, 4.69) is 9.97 Å². The molecular formula is C16H26N2O9. The highest BCUT2D eigenvalue weighted by atomic mass is 16.5. The topological polar surface area (TPSA) is 194 Å². The number of nitrogens with zero attached hydrogens (tertiary/aromatic N) is 2. The van der Waals surface area contributed by atoms with E-state index in [1.165, 1.54) is 12.4 Å². The van der Waals surface area contributed by atoms with Crippen LogP contribution in [0.15, 0.2) is 12.4 Å². The van der Waals surface area contributed by atoms with E-state index in [0.717, 1.165) is 0 Å². The lowest BCUT2D eigenvalue weighted by molar-refractivity contribution is -0.140. The summed E-state index contributed by atoms with van der Waals surface area (Å²) in [6, 6.07) is 0. The maximum atomic E-state index is 10.8. The summed E-state index contributed by atoms with van der Waals surface area (Å²) in [4.78, 5) is 19.0. The van der Waals surface area contributed by atoms with Crippen molar-refractivity contribution in [2.24, 2.45) is 0 Å². The normalized spacial score (nSPS) is 17.1. The molecule has 0 radical (unpaired) electrons. The van der Waals surface area contributed by atoms with Gasteiger partial charge >= 0.3 is 5.97 Å². The lowest BCUT2D eigenvalue weighted by atomic mass is 10.1. The lowest BCUT2D eigenvalue weighted by Gasteiger charge is -2.25. The summed E-state index contributed by atoms with van der Waals surface area (Å²) in [7, 11) is 0. The molecule has 0 bridgehead atoms. The Morgan fingerprint density at radius 2 is 1.63 bits per heavy atom. The molecule has 154 valence electrons. The highest BCUT2D eigenvalue weighted by Crippen LogP contribution is 2.23. The Bertz CT molecular complexity index is 557. The molecule has 0 saturated heterocycles. The molecular weight excluding hydrogens is 364 g/mol. The van der Waals surface area contributed by atoms with Crippen LogP contribution in [0.3, 0.4) is 0 Å². The number of carboxylic acids is 1. The summed E-state index contributed by atoms with van der Waals surface area (Å²) in [5.41, 5.74) is 0.561. The van der Waals surface area contributed by atoms with Crippen LogP contribution in [-0.4, -0.2) is 95.9 Å². The van der Waals surface area contributed by atoms with E-state index in [4.69, 9.17) is 20.1 Å². The third-order valence-electron chi connectivity index (χ3n) is 3.86. The maximum absolute atomic E-state index is 10.8. The van der Waals surface area contributed by atoms with Crippen LogP contribution in [0.25, 0.3) is 0 Å². The zero-order chi connectivity index (χ0) is 20.4. The Balaban J connectivity index is 2.89. The molecule has 0 spiro atoms. The van der Waals surface area contributed by atoms with Gasteiger partial charge in [0.2, 0.25) is 0 Å². The monoisotopic (exact) mass is 390 g/mol. The van der Waals surface area contributed by atoms with Gasteiger partial charge in [0.1, 0.15) is 24.4 Å². The minimum Gasteiger partial charge on any atom is -0.481 e. The standard InChI is InChI=1S/C16H26N2O9/c19-6-12(23)11(22)3-9-4-18-10(5-17-9)14(1-2-16(25)26)27-15(8-21)13(24)7-20/h4-5,11-15,19-24H,1-3,6-8H2,(H,25,26)/t11-,12+,13-,14+,15+/m0/s1. The molecule has 11 heteroatoms. The van der Waals surface area contributed by atoms with Gasteiger partial charge in [0, 0.05) is 19.0 Å². The molecule has 1 heterocycles. The first-order valence-corrected chi connectivity index (χ1v) is 8.37. The molecule has 1 aromatic rings. The molecule has 0 unspecified atom stereocenters. The number of rotatable bonds is 13. The van der Waals surface area contributed by atoms with Gasteiger partial charge in [-0.25, -0.2) is 0 Å². The number of ether oxygens (including phenoxy) is 1. The van der Waals surface area contributed by atoms with Crippen molar-refractivity contribution in [2.75, 3.05) is 19.8 Å². The highest BCUT2D eigenvalue weighted by molar-refractivity contribution is 5.66. The van der Waals surface area contributed by atoms with Crippen molar-refractivity contribution in [1.82, 2.24) is 9.97 Å². The molecule has 1 rings (SSSR count). The molecule has 0 aliphatic rings. The van der Waals surface area contributed by atoms with Crippen LogP contribution in [0.2, 0.25) is 0 Å². The predicted molar refractivity (Wildman–Crippen MR) is 89.5 cm³/mol. The van der Waals surface area contributed by atoms with E-state index in [1.807, 2.05) is 0 Å². The number of aliphatic hydroxyl groups excluding tert-OH is 6. The average Bonchev–Trinajstić information content (AvgIpc) is 2.67. The molecule has 0 aliphatic heterocycles. The third-order valence-corrected chi connectivity index (χ3v) is 3.86. The van der Waals surface area contributed by atoms with E-state index in [1.54, 1.807) is 0 Å². The highest BCUT2D eigenvalue weighted by Gasteiger charge is 2.26. The molecule has 1 aromatic heterocycles. The summed E-state index contributed by atoms with van der Waals surface area (Å²) < 4.78 is 5.52. The van der Waals surface area contributed by atoms with Gasteiger partial charge in [-0.15, -0.1) is 0 Å². The zero-order valence-corrected chi connectivity index (χ0v) is 14.6. The maximum Gasteiger partial charge on any atom is 0.303 e. The number of aliphatic hydroxyl groups is 6. The van der Waals surface area contributed by atoms with Gasteiger partial charge in [-0.3, -0.25) is 14.8 Å². The molecule has 0 saturated carbocycles. The number of aromatic nitrogens is 2. The molecule has 27 heavy (non-hydrogen) atoms. The fourth-order valence-corrected chi connectivity index (χ4v) is 2.23. The first kappa shape index (κ1) is 23.3. The Morgan fingerprint density at radius 1 is 0.963 bits per heavy atom. The number of hydrogen-bond acceptors (Lipinski definition) is 10. The zero-order valence-electron chi connectivity index (χ0n) is 14.6. The Morgan fingerprint density at radius 3 is 2.11 bits per heavy atom. The summed E-state index contributed by atoms with van der Waals surface area (Å²) in [6.45, 7) is -1.85. The SMILES string of the molecule is O=C(O)CC[C@@H](O[C@H](CO)[C@@H](O)CO)c1cnc(C[C@H](O)[C@H](O)CO)cn1.